The van der Waals surface area contributed by atoms with Crippen LogP contribution in [0, 0.1) is 6.92 Å². The summed E-state index contributed by atoms with van der Waals surface area (Å²) >= 11 is 1.42. The molecular weight excluding hydrogens is 352 g/mol. The molecule has 0 radical (unpaired) electrons. The lowest BCUT2D eigenvalue weighted by Gasteiger charge is -2.08. The van der Waals surface area contributed by atoms with Gasteiger partial charge in [-0.3, -0.25) is 9.20 Å². The largest absolute Gasteiger partial charge is 0.487 e. The fourth-order valence-electron chi connectivity index (χ4n) is 2.92. The fourth-order valence-corrected chi connectivity index (χ4v) is 3.82. The first-order valence-electron chi connectivity index (χ1n) is 8.21. The van der Waals surface area contributed by atoms with Crippen LogP contribution in [0.25, 0.3) is 15.9 Å². The van der Waals surface area contributed by atoms with Gasteiger partial charge in [0.15, 0.2) is 4.96 Å². The second-order valence-electron chi connectivity index (χ2n) is 5.97. The minimum Gasteiger partial charge on any atom is -0.487 e. The van der Waals surface area contributed by atoms with E-state index < -0.39 is 0 Å². The van der Waals surface area contributed by atoms with E-state index in [4.69, 9.17) is 9.15 Å². The zero-order chi connectivity index (χ0) is 18.3. The van der Waals surface area contributed by atoms with E-state index >= 15 is 0 Å². The van der Waals surface area contributed by atoms with Gasteiger partial charge in [0.05, 0.1) is 5.69 Å². The molecule has 4 aromatic rings. The molecule has 0 aliphatic rings. The van der Waals surface area contributed by atoms with Gasteiger partial charge in [0, 0.05) is 34.7 Å². The molecule has 3 aromatic heterocycles. The molecule has 7 heteroatoms. The molecule has 0 fully saturated rings. The SMILES string of the molecule is CCc1cc(=O)oc2cc(OCc3cc(=O)n4c(C)csc4n3)ccc12. The molecule has 0 atom stereocenters. The standard InChI is InChI=1S/C19H16N2O4S/c1-3-12-6-18(23)25-16-8-14(4-5-15(12)16)24-9-13-7-17(22)21-11(2)10-26-19(21)20-13/h4-8,10H,3,9H2,1-2H3. The molecule has 0 saturated heterocycles. The number of benzene rings is 1. The molecule has 0 aliphatic heterocycles. The Morgan fingerprint density at radius 3 is 2.88 bits per heavy atom. The van der Waals surface area contributed by atoms with E-state index in [1.165, 1.54) is 23.5 Å². The molecular formula is C19H16N2O4S. The average Bonchev–Trinajstić information content (AvgIpc) is 3.00. The Kier molecular flexibility index (Phi) is 4.08. The highest BCUT2D eigenvalue weighted by Crippen LogP contribution is 2.23. The van der Waals surface area contributed by atoms with Gasteiger partial charge in [-0.2, -0.15) is 0 Å². The predicted molar refractivity (Wildman–Crippen MR) is 100 cm³/mol. The second kappa shape index (κ2) is 6.42. The first kappa shape index (κ1) is 16.5. The first-order chi connectivity index (χ1) is 12.5. The molecule has 0 unspecified atom stereocenters. The molecule has 0 spiro atoms. The Balaban J connectivity index is 1.64. The van der Waals surface area contributed by atoms with Gasteiger partial charge >= 0.3 is 5.63 Å². The van der Waals surface area contributed by atoms with Crippen molar-refractivity contribution in [3.8, 4) is 5.75 Å². The lowest BCUT2D eigenvalue weighted by Crippen LogP contribution is -2.15. The van der Waals surface area contributed by atoms with Crippen LogP contribution < -0.4 is 15.9 Å². The molecule has 0 saturated carbocycles. The third-order valence-corrected chi connectivity index (χ3v) is 5.14. The summed E-state index contributed by atoms with van der Waals surface area (Å²) in [6.45, 7) is 4.02. The van der Waals surface area contributed by atoms with Gasteiger partial charge in [-0.1, -0.05) is 6.92 Å². The lowest BCUT2D eigenvalue weighted by atomic mass is 10.1. The van der Waals surface area contributed by atoms with Gasteiger partial charge in [-0.05, 0) is 31.0 Å². The van der Waals surface area contributed by atoms with E-state index in [0.717, 1.165) is 23.1 Å². The molecule has 0 aliphatic carbocycles. The van der Waals surface area contributed by atoms with Crippen molar-refractivity contribution >= 4 is 27.3 Å². The van der Waals surface area contributed by atoms with Crippen LogP contribution in [0.15, 0.2) is 49.7 Å². The highest BCUT2D eigenvalue weighted by atomic mass is 32.1. The van der Waals surface area contributed by atoms with Gasteiger partial charge in [0.2, 0.25) is 0 Å². The number of rotatable bonds is 4. The normalized spacial score (nSPS) is 11.3. The summed E-state index contributed by atoms with van der Waals surface area (Å²) in [6, 6.07) is 8.38. The molecule has 26 heavy (non-hydrogen) atoms. The highest BCUT2D eigenvalue weighted by Gasteiger charge is 2.09. The second-order valence-corrected chi connectivity index (χ2v) is 6.81. The number of ether oxygens (including phenoxy) is 1. The molecule has 132 valence electrons. The van der Waals surface area contributed by atoms with Gasteiger partial charge < -0.3 is 9.15 Å². The van der Waals surface area contributed by atoms with Crippen LogP contribution in [0.2, 0.25) is 0 Å². The summed E-state index contributed by atoms with van der Waals surface area (Å²) < 4.78 is 12.6. The van der Waals surface area contributed by atoms with Crippen LogP contribution in [0.5, 0.6) is 5.75 Å². The smallest absolute Gasteiger partial charge is 0.336 e. The van der Waals surface area contributed by atoms with Crippen molar-refractivity contribution in [1.29, 1.82) is 0 Å². The van der Waals surface area contributed by atoms with Crippen LogP contribution in [0.1, 0.15) is 23.9 Å². The molecule has 0 bridgehead atoms. The first-order valence-corrected chi connectivity index (χ1v) is 9.09. The van der Waals surface area contributed by atoms with E-state index in [1.807, 2.05) is 31.4 Å². The molecule has 3 heterocycles. The van der Waals surface area contributed by atoms with Crippen molar-refractivity contribution in [2.75, 3.05) is 0 Å². The predicted octanol–water partition coefficient (Wildman–Crippen LogP) is 3.31. The van der Waals surface area contributed by atoms with E-state index in [2.05, 4.69) is 4.98 Å². The van der Waals surface area contributed by atoms with E-state index in [9.17, 15) is 9.59 Å². The van der Waals surface area contributed by atoms with Crippen molar-refractivity contribution < 1.29 is 9.15 Å². The molecule has 0 amide bonds. The van der Waals surface area contributed by atoms with Gasteiger partial charge in [0.1, 0.15) is 17.9 Å². The number of aryl methyl sites for hydroxylation is 2. The topological polar surface area (TPSA) is 73.8 Å². The number of thiazole rings is 1. The number of nitrogens with zero attached hydrogens (tertiary/aromatic N) is 2. The molecule has 6 nitrogen and oxygen atoms in total. The molecule has 4 rings (SSSR count). The maximum atomic E-state index is 12.2. The summed E-state index contributed by atoms with van der Waals surface area (Å²) in [5.41, 5.74) is 2.36. The van der Waals surface area contributed by atoms with Crippen LogP contribution in [-0.2, 0) is 13.0 Å². The summed E-state index contributed by atoms with van der Waals surface area (Å²) in [6.07, 6.45) is 0.746. The molecule has 1 aromatic carbocycles. The Morgan fingerprint density at radius 1 is 1.23 bits per heavy atom. The van der Waals surface area contributed by atoms with Crippen molar-refractivity contribution in [1.82, 2.24) is 9.38 Å². The van der Waals surface area contributed by atoms with Crippen molar-refractivity contribution in [2.45, 2.75) is 26.9 Å². The lowest BCUT2D eigenvalue weighted by molar-refractivity contribution is 0.301. The van der Waals surface area contributed by atoms with E-state index in [-0.39, 0.29) is 17.8 Å². The highest BCUT2D eigenvalue weighted by molar-refractivity contribution is 7.15. The zero-order valence-electron chi connectivity index (χ0n) is 14.3. The molecule has 0 N–H and O–H groups in total. The van der Waals surface area contributed by atoms with Crippen LogP contribution in [0.3, 0.4) is 0 Å². The minimum atomic E-state index is -0.375. The van der Waals surface area contributed by atoms with E-state index in [1.54, 1.807) is 10.5 Å². The Hall–Kier alpha value is -2.93. The monoisotopic (exact) mass is 368 g/mol. The Labute approximate surface area is 152 Å². The van der Waals surface area contributed by atoms with Crippen LogP contribution in [-0.4, -0.2) is 9.38 Å². The zero-order valence-corrected chi connectivity index (χ0v) is 15.1. The van der Waals surface area contributed by atoms with Crippen LogP contribution >= 0.6 is 11.3 Å². The van der Waals surface area contributed by atoms with Gasteiger partial charge in [-0.25, -0.2) is 9.78 Å². The van der Waals surface area contributed by atoms with Crippen LogP contribution in [0.4, 0.5) is 0 Å². The summed E-state index contributed by atoms with van der Waals surface area (Å²) in [7, 11) is 0. The number of aromatic nitrogens is 2. The number of hydrogen-bond donors (Lipinski definition) is 0. The van der Waals surface area contributed by atoms with Gasteiger partial charge in [-0.15, -0.1) is 11.3 Å². The summed E-state index contributed by atoms with van der Waals surface area (Å²) in [5, 5.41) is 2.79. The maximum absolute atomic E-state index is 12.2. The fraction of sp³-hybridized carbons (Fsp3) is 0.211. The number of fused-ring (bicyclic) bond motifs is 2. The van der Waals surface area contributed by atoms with Crippen molar-refractivity contribution in [2.24, 2.45) is 0 Å². The maximum Gasteiger partial charge on any atom is 0.336 e. The number of hydrogen-bond acceptors (Lipinski definition) is 6. The minimum absolute atomic E-state index is 0.121. The Bertz CT molecular complexity index is 1240. The average molecular weight is 368 g/mol. The van der Waals surface area contributed by atoms with Crippen molar-refractivity contribution in [3.05, 3.63) is 73.4 Å². The third kappa shape index (κ3) is 2.90. The Morgan fingerprint density at radius 2 is 2.08 bits per heavy atom. The summed E-state index contributed by atoms with van der Waals surface area (Å²) in [4.78, 5) is 29.0. The van der Waals surface area contributed by atoms with Gasteiger partial charge in [0.25, 0.3) is 5.56 Å². The quantitative estimate of drug-likeness (QED) is 0.517. The summed E-state index contributed by atoms with van der Waals surface area (Å²) in [5.74, 6) is 0.554. The van der Waals surface area contributed by atoms with Crippen molar-refractivity contribution in [3.63, 3.8) is 0 Å². The third-order valence-electron chi connectivity index (χ3n) is 4.20. The van der Waals surface area contributed by atoms with E-state index in [0.29, 0.717) is 22.0 Å².